The molecule has 0 fully saturated rings. The Hall–Kier alpha value is -1.00. The van der Waals surface area contributed by atoms with Crippen LogP contribution in [0.1, 0.15) is 27.2 Å². The Kier molecular flexibility index (Phi) is 6.22. The van der Waals surface area contributed by atoms with E-state index in [0.717, 1.165) is 12.1 Å². The summed E-state index contributed by atoms with van der Waals surface area (Å²) in [6.45, 7) is 5.94. The molecule has 0 heterocycles. The number of carbonyl (C=O) groups is 1. The predicted molar refractivity (Wildman–Crippen MR) is 79.2 cm³/mol. The molecule has 2 N–H and O–H groups in total. The van der Waals surface area contributed by atoms with E-state index in [9.17, 15) is 4.79 Å². The van der Waals surface area contributed by atoms with Crippen molar-refractivity contribution in [3.63, 3.8) is 0 Å². The highest BCUT2D eigenvalue weighted by Gasteiger charge is 2.14. The number of anilines is 1. The summed E-state index contributed by atoms with van der Waals surface area (Å²) in [5, 5.41) is 6.62. The van der Waals surface area contributed by atoms with E-state index < -0.39 is 0 Å². The van der Waals surface area contributed by atoms with Crippen molar-refractivity contribution in [1.82, 2.24) is 5.32 Å². The van der Waals surface area contributed by atoms with Crippen LogP contribution in [0.3, 0.4) is 0 Å². The molecule has 18 heavy (non-hydrogen) atoms. The van der Waals surface area contributed by atoms with Gasteiger partial charge < -0.3 is 10.6 Å². The molecular formula is C14H22N2OS. The molecule has 0 aromatic heterocycles. The van der Waals surface area contributed by atoms with Crippen molar-refractivity contribution in [3.05, 3.63) is 24.3 Å². The van der Waals surface area contributed by atoms with Gasteiger partial charge >= 0.3 is 0 Å². The molecule has 1 amide bonds. The molecule has 1 aromatic rings. The second-order valence-electron chi connectivity index (χ2n) is 4.33. The molecule has 1 rings (SSSR count). The normalized spacial score (nSPS) is 14.0. The highest BCUT2D eigenvalue weighted by atomic mass is 32.2. The Morgan fingerprint density at radius 1 is 1.33 bits per heavy atom. The first-order valence-electron chi connectivity index (χ1n) is 6.28. The number of thioether (sulfide) groups is 1. The van der Waals surface area contributed by atoms with Crippen molar-refractivity contribution in [2.75, 3.05) is 12.4 Å². The van der Waals surface area contributed by atoms with Crippen molar-refractivity contribution in [3.8, 4) is 0 Å². The number of rotatable bonds is 6. The van der Waals surface area contributed by atoms with Gasteiger partial charge in [0.15, 0.2) is 0 Å². The fourth-order valence-electron chi connectivity index (χ4n) is 1.89. The Labute approximate surface area is 114 Å². The Morgan fingerprint density at radius 3 is 2.39 bits per heavy atom. The van der Waals surface area contributed by atoms with E-state index in [4.69, 9.17) is 0 Å². The van der Waals surface area contributed by atoms with Crippen LogP contribution in [0.15, 0.2) is 29.2 Å². The van der Waals surface area contributed by atoms with Crippen LogP contribution in [0, 0.1) is 0 Å². The van der Waals surface area contributed by atoms with Gasteiger partial charge in [-0.1, -0.05) is 13.8 Å². The smallest absolute Gasteiger partial charge is 0.221 e. The maximum Gasteiger partial charge on any atom is 0.221 e. The van der Waals surface area contributed by atoms with Crippen LogP contribution < -0.4 is 10.6 Å². The maximum atomic E-state index is 10.9. The minimum Gasteiger partial charge on any atom is -0.326 e. The van der Waals surface area contributed by atoms with Gasteiger partial charge in [-0.15, -0.1) is 11.8 Å². The van der Waals surface area contributed by atoms with Gasteiger partial charge in [0.1, 0.15) is 0 Å². The minimum absolute atomic E-state index is 0.0370. The molecule has 4 heteroatoms. The first-order chi connectivity index (χ1) is 8.56. The first-order valence-corrected chi connectivity index (χ1v) is 7.16. The highest BCUT2D eigenvalue weighted by molar-refractivity contribution is 8.00. The van der Waals surface area contributed by atoms with Gasteiger partial charge in [0.25, 0.3) is 0 Å². The van der Waals surface area contributed by atoms with E-state index in [1.807, 2.05) is 30.9 Å². The standard InChI is InChI=1S/C14H22N2OS/c1-5-14(15-4)10(2)18-13-8-6-12(7-9-13)16-11(3)17/h6-10,14-15H,5H2,1-4H3,(H,16,17). The summed E-state index contributed by atoms with van der Waals surface area (Å²) in [7, 11) is 2.01. The van der Waals surface area contributed by atoms with Crippen LogP contribution in [0.25, 0.3) is 0 Å². The summed E-state index contributed by atoms with van der Waals surface area (Å²) in [6.07, 6.45) is 1.12. The summed E-state index contributed by atoms with van der Waals surface area (Å²) in [5.74, 6) is -0.0370. The van der Waals surface area contributed by atoms with E-state index in [-0.39, 0.29) is 5.91 Å². The number of amides is 1. The van der Waals surface area contributed by atoms with Crippen LogP contribution in [0.2, 0.25) is 0 Å². The Morgan fingerprint density at radius 2 is 1.94 bits per heavy atom. The molecule has 0 radical (unpaired) electrons. The van der Waals surface area contributed by atoms with Crippen molar-refractivity contribution in [1.29, 1.82) is 0 Å². The Balaban J connectivity index is 2.60. The quantitative estimate of drug-likeness (QED) is 0.777. The summed E-state index contributed by atoms with van der Waals surface area (Å²) < 4.78 is 0. The third-order valence-electron chi connectivity index (χ3n) is 2.87. The van der Waals surface area contributed by atoms with Crippen molar-refractivity contribution < 1.29 is 4.79 Å². The summed E-state index contributed by atoms with van der Waals surface area (Å²) in [5.41, 5.74) is 0.847. The van der Waals surface area contributed by atoms with Gasteiger partial charge in [0.05, 0.1) is 0 Å². The largest absolute Gasteiger partial charge is 0.326 e. The second kappa shape index (κ2) is 7.44. The van der Waals surface area contributed by atoms with Crippen LogP contribution in [0.4, 0.5) is 5.69 Å². The van der Waals surface area contributed by atoms with Gasteiger partial charge in [0.2, 0.25) is 5.91 Å². The number of nitrogens with one attached hydrogen (secondary N) is 2. The number of hydrogen-bond acceptors (Lipinski definition) is 3. The molecule has 0 aliphatic rings. The third-order valence-corrected chi connectivity index (χ3v) is 4.12. The fourth-order valence-corrected chi connectivity index (χ4v) is 3.10. The Bertz CT molecular complexity index is 374. The summed E-state index contributed by atoms with van der Waals surface area (Å²) >= 11 is 1.85. The molecule has 2 atom stereocenters. The lowest BCUT2D eigenvalue weighted by molar-refractivity contribution is -0.114. The minimum atomic E-state index is -0.0370. The monoisotopic (exact) mass is 266 g/mol. The molecular weight excluding hydrogens is 244 g/mol. The van der Waals surface area contributed by atoms with Gasteiger partial charge in [-0.25, -0.2) is 0 Å². The van der Waals surface area contributed by atoms with Crippen LogP contribution >= 0.6 is 11.8 Å². The lowest BCUT2D eigenvalue weighted by Gasteiger charge is -2.21. The number of carbonyl (C=O) groups excluding carboxylic acids is 1. The first kappa shape index (κ1) is 15.1. The van der Waals surface area contributed by atoms with Crippen molar-refractivity contribution in [2.24, 2.45) is 0 Å². The topological polar surface area (TPSA) is 41.1 Å². The van der Waals surface area contributed by atoms with Gasteiger partial charge in [-0.3, -0.25) is 4.79 Å². The molecule has 3 nitrogen and oxygen atoms in total. The average molecular weight is 266 g/mol. The van der Waals surface area contributed by atoms with Gasteiger partial charge in [-0.2, -0.15) is 0 Å². The van der Waals surface area contributed by atoms with Crippen molar-refractivity contribution in [2.45, 2.75) is 43.4 Å². The third kappa shape index (κ3) is 4.70. The van der Waals surface area contributed by atoms with Crippen LogP contribution in [-0.4, -0.2) is 24.2 Å². The molecule has 0 aliphatic heterocycles. The lowest BCUT2D eigenvalue weighted by atomic mass is 10.2. The van der Waals surface area contributed by atoms with E-state index in [0.29, 0.717) is 11.3 Å². The average Bonchev–Trinajstić information content (AvgIpc) is 2.32. The molecule has 0 saturated heterocycles. The SMILES string of the molecule is CCC(NC)C(C)Sc1ccc(NC(C)=O)cc1. The zero-order valence-corrected chi connectivity index (χ0v) is 12.3. The van der Waals surface area contributed by atoms with Crippen molar-refractivity contribution >= 4 is 23.4 Å². The van der Waals surface area contributed by atoms with Crippen LogP contribution in [0.5, 0.6) is 0 Å². The van der Waals surface area contributed by atoms with Gasteiger partial charge in [0, 0.05) is 28.8 Å². The molecule has 0 bridgehead atoms. The summed E-state index contributed by atoms with van der Waals surface area (Å²) in [6, 6.07) is 8.50. The molecule has 1 aromatic carbocycles. The van der Waals surface area contributed by atoms with E-state index >= 15 is 0 Å². The fraction of sp³-hybridized carbons (Fsp3) is 0.500. The van der Waals surface area contributed by atoms with Crippen LogP contribution in [-0.2, 0) is 4.79 Å². The second-order valence-corrected chi connectivity index (χ2v) is 5.78. The zero-order valence-electron chi connectivity index (χ0n) is 11.5. The predicted octanol–water partition coefficient (Wildman–Crippen LogP) is 3.12. The molecule has 0 aliphatic carbocycles. The van der Waals surface area contributed by atoms with E-state index in [1.165, 1.54) is 11.8 Å². The number of benzene rings is 1. The molecule has 2 unspecified atom stereocenters. The summed E-state index contributed by atoms with van der Waals surface area (Å²) in [4.78, 5) is 12.1. The van der Waals surface area contributed by atoms with Gasteiger partial charge in [-0.05, 0) is 37.7 Å². The zero-order chi connectivity index (χ0) is 13.5. The molecule has 0 spiro atoms. The molecule has 0 saturated carbocycles. The molecule has 100 valence electrons. The lowest BCUT2D eigenvalue weighted by Crippen LogP contribution is -2.33. The maximum absolute atomic E-state index is 10.9. The highest BCUT2D eigenvalue weighted by Crippen LogP contribution is 2.27. The number of hydrogen-bond donors (Lipinski definition) is 2. The van der Waals surface area contributed by atoms with E-state index in [1.54, 1.807) is 0 Å². The van der Waals surface area contributed by atoms with E-state index in [2.05, 4.69) is 36.6 Å².